The number of benzene rings is 2. The molecule has 1 N–H and O–H groups in total. The van der Waals surface area contributed by atoms with E-state index in [-0.39, 0.29) is 17.7 Å². The Kier molecular flexibility index (Phi) is 5.56. The largest absolute Gasteiger partial charge is 0.496 e. The van der Waals surface area contributed by atoms with Crippen molar-refractivity contribution in [3.8, 4) is 5.75 Å². The van der Waals surface area contributed by atoms with Gasteiger partial charge in [-0.25, -0.2) is 0 Å². The van der Waals surface area contributed by atoms with E-state index >= 15 is 0 Å². The summed E-state index contributed by atoms with van der Waals surface area (Å²) in [7, 11) is 1.63. The molecule has 0 radical (unpaired) electrons. The molecule has 5 nitrogen and oxygen atoms in total. The SMILES string of the molecule is COc1ccccc1[C@@H]1[C@@H](C(=O)NCC2CC2)CCC(=O)N1c1ccc(C)cc1. The monoisotopic (exact) mass is 392 g/mol. The van der Waals surface area contributed by atoms with Gasteiger partial charge < -0.3 is 15.0 Å². The van der Waals surface area contributed by atoms with Crippen LogP contribution in [0.4, 0.5) is 5.69 Å². The lowest BCUT2D eigenvalue weighted by molar-refractivity contribution is -0.129. The molecule has 1 aliphatic carbocycles. The van der Waals surface area contributed by atoms with Gasteiger partial charge in [-0.15, -0.1) is 0 Å². The molecule has 29 heavy (non-hydrogen) atoms. The minimum Gasteiger partial charge on any atom is -0.496 e. The molecule has 0 unspecified atom stereocenters. The molecular formula is C24H28N2O3. The summed E-state index contributed by atoms with van der Waals surface area (Å²) in [6.07, 6.45) is 3.28. The Morgan fingerprint density at radius 3 is 2.52 bits per heavy atom. The smallest absolute Gasteiger partial charge is 0.227 e. The van der Waals surface area contributed by atoms with Crippen LogP contribution in [0.25, 0.3) is 0 Å². The zero-order chi connectivity index (χ0) is 20.4. The average Bonchev–Trinajstić information content (AvgIpc) is 3.57. The lowest BCUT2D eigenvalue weighted by Gasteiger charge is -2.41. The van der Waals surface area contributed by atoms with Gasteiger partial charge in [-0.3, -0.25) is 9.59 Å². The highest BCUT2D eigenvalue weighted by molar-refractivity contribution is 5.97. The molecule has 0 bridgehead atoms. The number of carbonyl (C=O) groups excluding carboxylic acids is 2. The first kappa shape index (κ1) is 19.5. The van der Waals surface area contributed by atoms with Crippen LogP contribution in [0.15, 0.2) is 48.5 Å². The average molecular weight is 392 g/mol. The third-order valence-electron chi connectivity index (χ3n) is 5.97. The Labute approximate surface area is 172 Å². The number of carbonyl (C=O) groups is 2. The molecule has 152 valence electrons. The molecule has 0 aromatic heterocycles. The van der Waals surface area contributed by atoms with Crippen LogP contribution < -0.4 is 15.0 Å². The first-order valence-corrected chi connectivity index (χ1v) is 10.4. The summed E-state index contributed by atoms with van der Waals surface area (Å²) in [5, 5.41) is 3.13. The van der Waals surface area contributed by atoms with Crippen LogP contribution in [0.2, 0.25) is 0 Å². The second-order valence-electron chi connectivity index (χ2n) is 8.12. The van der Waals surface area contributed by atoms with E-state index in [4.69, 9.17) is 4.74 Å². The molecule has 2 fully saturated rings. The number of nitrogens with zero attached hydrogens (tertiary/aromatic N) is 1. The van der Waals surface area contributed by atoms with Gasteiger partial charge in [0, 0.05) is 24.2 Å². The molecule has 5 heteroatoms. The first-order valence-electron chi connectivity index (χ1n) is 10.4. The lowest BCUT2D eigenvalue weighted by atomic mass is 9.82. The summed E-state index contributed by atoms with van der Waals surface area (Å²) in [6, 6.07) is 15.2. The molecular weight excluding hydrogens is 364 g/mol. The lowest BCUT2D eigenvalue weighted by Crippen LogP contribution is -2.48. The van der Waals surface area contributed by atoms with Crippen molar-refractivity contribution in [2.75, 3.05) is 18.6 Å². The van der Waals surface area contributed by atoms with Crippen molar-refractivity contribution in [3.63, 3.8) is 0 Å². The Hall–Kier alpha value is -2.82. The topological polar surface area (TPSA) is 58.6 Å². The number of nitrogens with one attached hydrogen (secondary N) is 1. The van der Waals surface area contributed by atoms with Crippen LogP contribution in [0.5, 0.6) is 5.75 Å². The molecule has 1 aliphatic heterocycles. The second-order valence-corrected chi connectivity index (χ2v) is 8.12. The van der Waals surface area contributed by atoms with E-state index in [1.54, 1.807) is 12.0 Å². The molecule has 2 amide bonds. The minimum absolute atomic E-state index is 0.0254. The fourth-order valence-corrected chi connectivity index (χ4v) is 4.14. The summed E-state index contributed by atoms with van der Waals surface area (Å²) in [6.45, 7) is 2.75. The number of methoxy groups -OCH3 is 1. The van der Waals surface area contributed by atoms with Crippen molar-refractivity contribution in [1.82, 2.24) is 5.32 Å². The van der Waals surface area contributed by atoms with E-state index < -0.39 is 6.04 Å². The highest BCUT2D eigenvalue weighted by atomic mass is 16.5. The summed E-state index contributed by atoms with van der Waals surface area (Å²) in [5.74, 6) is 1.06. The van der Waals surface area contributed by atoms with E-state index in [0.717, 1.165) is 23.4 Å². The number of ether oxygens (including phenoxy) is 1. The van der Waals surface area contributed by atoms with Gasteiger partial charge in [-0.05, 0) is 50.3 Å². The molecule has 1 saturated carbocycles. The Morgan fingerprint density at radius 2 is 1.83 bits per heavy atom. The number of para-hydroxylation sites is 1. The molecule has 2 aliphatic rings. The molecule has 2 atom stereocenters. The quantitative estimate of drug-likeness (QED) is 0.808. The Morgan fingerprint density at radius 1 is 1.10 bits per heavy atom. The standard InChI is InChI=1S/C24H28N2O3/c1-16-7-11-18(12-8-16)26-22(27)14-13-20(24(28)25-15-17-9-10-17)23(26)19-5-3-4-6-21(19)29-2/h3-8,11-12,17,20,23H,9-10,13-15H2,1-2H3,(H,25,28)/t20-,23+/m0/s1. The van der Waals surface area contributed by atoms with Crippen LogP contribution in [-0.2, 0) is 9.59 Å². The predicted octanol–water partition coefficient (Wildman–Crippen LogP) is 4.01. The van der Waals surface area contributed by atoms with Crippen LogP contribution in [0, 0.1) is 18.8 Å². The van der Waals surface area contributed by atoms with E-state index in [1.165, 1.54) is 12.8 Å². The zero-order valence-corrected chi connectivity index (χ0v) is 17.1. The van der Waals surface area contributed by atoms with Crippen molar-refractivity contribution in [3.05, 3.63) is 59.7 Å². The zero-order valence-electron chi connectivity index (χ0n) is 17.1. The maximum atomic E-state index is 13.2. The number of aryl methyl sites for hydroxylation is 1. The van der Waals surface area contributed by atoms with Crippen molar-refractivity contribution in [2.24, 2.45) is 11.8 Å². The number of anilines is 1. The predicted molar refractivity (Wildman–Crippen MR) is 113 cm³/mol. The second kappa shape index (κ2) is 8.27. The number of hydrogen-bond acceptors (Lipinski definition) is 3. The molecule has 4 rings (SSSR count). The fraction of sp³-hybridized carbons (Fsp3) is 0.417. The highest BCUT2D eigenvalue weighted by Gasteiger charge is 2.42. The van der Waals surface area contributed by atoms with Gasteiger partial charge in [0.1, 0.15) is 5.75 Å². The highest BCUT2D eigenvalue weighted by Crippen LogP contribution is 2.43. The van der Waals surface area contributed by atoms with Gasteiger partial charge in [0.25, 0.3) is 0 Å². The first-order chi connectivity index (χ1) is 14.1. The van der Waals surface area contributed by atoms with Crippen LogP contribution >= 0.6 is 0 Å². The summed E-state index contributed by atoms with van der Waals surface area (Å²) >= 11 is 0. The van der Waals surface area contributed by atoms with E-state index in [2.05, 4.69) is 5.32 Å². The van der Waals surface area contributed by atoms with Gasteiger partial charge in [0.15, 0.2) is 0 Å². The van der Waals surface area contributed by atoms with Gasteiger partial charge in [-0.1, -0.05) is 35.9 Å². The molecule has 2 aromatic carbocycles. The van der Waals surface area contributed by atoms with Gasteiger partial charge in [0.2, 0.25) is 11.8 Å². The maximum Gasteiger partial charge on any atom is 0.227 e. The van der Waals surface area contributed by atoms with E-state index in [9.17, 15) is 9.59 Å². The van der Waals surface area contributed by atoms with Crippen molar-refractivity contribution < 1.29 is 14.3 Å². The summed E-state index contributed by atoms with van der Waals surface area (Å²) in [4.78, 5) is 28.0. The summed E-state index contributed by atoms with van der Waals surface area (Å²) < 4.78 is 5.60. The van der Waals surface area contributed by atoms with E-state index in [1.807, 2.05) is 55.5 Å². The number of amides is 2. The number of piperidine rings is 1. The number of rotatable bonds is 6. The third kappa shape index (κ3) is 4.14. The van der Waals surface area contributed by atoms with Gasteiger partial charge in [0.05, 0.1) is 19.1 Å². The Balaban J connectivity index is 1.74. The normalized spacial score (nSPS) is 21.7. The fourth-order valence-electron chi connectivity index (χ4n) is 4.14. The third-order valence-corrected chi connectivity index (χ3v) is 5.97. The molecule has 1 saturated heterocycles. The number of hydrogen-bond donors (Lipinski definition) is 1. The van der Waals surface area contributed by atoms with Crippen molar-refractivity contribution >= 4 is 17.5 Å². The van der Waals surface area contributed by atoms with Gasteiger partial charge in [-0.2, -0.15) is 0 Å². The van der Waals surface area contributed by atoms with E-state index in [0.29, 0.717) is 24.5 Å². The van der Waals surface area contributed by atoms with Crippen molar-refractivity contribution in [1.29, 1.82) is 0 Å². The molecule has 0 spiro atoms. The molecule has 1 heterocycles. The Bertz CT molecular complexity index is 889. The van der Waals surface area contributed by atoms with Crippen molar-refractivity contribution in [2.45, 2.75) is 38.6 Å². The van der Waals surface area contributed by atoms with Crippen LogP contribution in [0.3, 0.4) is 0 Å². The van der Waals surface area contributed by atoms with Crippen LogP contribution in [-0.4, -0.2) is 25.5 Å². The maximum absolute atomic E-state index is 13.2. The summed E-state index contributed by atoms with van der Waals surface area (Å²) in [5.41, 5.74) is 2.82. The minimum atomic E-state index is -0.394. The van der Waals surface area contributed by atoms with Crippen LogP contribution in [0.1, 0.15) is 42.9 Å². The van der Waals surface area contributed by atoms with Gasteiger partial charge >= 0.3 is 0 Å². The molecule has 2 aromatic rings.